The molecule has 2 aromatic carbocycles. The van der Waals surface area contributed by atoms with Gasteiger partial charge < -0.3 is 22.5 Å². The molecule has 0 radical (unpaired) electrons. The van der Waals surface area contributed by atoms with Gasteiger partial charge in [-0.3, -0.25) is 0 Å². The minimum Gasteiger partial charge on any atom is -0.399 e. The molecule has 0 aliphatic rings. The lowest BCUT2D eigenvalue weighted by atomic mass is 10.0. The number of nitrogen functional groups attached to an aromatic ring is 3. The summed E-state index contributed by atoms with van der Waals surface area (Å²) in [5, 5.41) is 3.33. The van der Waals surface area contributed by atoms with Crippen LogP contribution >= 0.6 is 0 Å². The Balaban J connectivity index is 2.25. The van der Waals surface area contributed by atoms with E-state index in [0.717, 1.165) is 16.9 Å². The summed E-state index contributed by atoms with van der Waals surface area (Å²) in [6.45, 7) is 2.03. The highest BCUT2D eigenvalue weighted by molar-refractivity contribution is 5.67. The van der Waals surface area contributed by atoms with E-state index in [1.54, 1.807) is 6.07 Å². The molecular weight excluding hydrogens is 224 g/mol. The zero-order valence-electron chi connectivity index (χ0n) is 10.4. The third-order valence-electron chi connectivity index (χ3n) is 2.91. The van der Waals surface area contributed by atoms with Crippen molar-refractivity contribution in [2.24, 2.45) is 0 Å². The van der Waals surface area contributed by atoms with Crippen molar-refractivity contribution in [1.82, 2.24) is 0 Å². The number of nitrogens with two attached hydrogens (primary N) is 3. The molecule has 0 heterocycles. The lowest BCUT2D eigenvalue weighted by Gasteiger charge is -2.19. The topological polar surface area (TPSA) is 90.1 Å². The molecule has 0 fully saturated rings. The van der Waals surface area contributed by atoms with Gasteiger partial charge in [-0.25, -0.2) is 0 Å². The Hall–Kier alpha value is -2.36. The third kappa shape index (κ3) is 2.48. The molecule has 0 bridgehead atoms. The SMILES string of the molecule is CC(Nc1ccccc1N)c1cc(N)ccc1N. The van der Waals surface area contributed by atoms with E-state index < -0.39 is 0 Å². The van der Waals surface area contributed by atoms with E-state index in [2.05, 4.69) is 5.32 Å². The normalized spacial score (nSPS) is 12.1. The fourth-order valence-electron chi connectivity index (χ4n) is 1.91. The molecule has 4 heteroatoms. The van der Waals surface area contributed by atoms with Gasteiger partial charge >= 0.3 is 0 Å². The molecule has 7 N–H and O–H groups in total. The van der Waals surface area contributed by atoms with Crippen molar-refractivity contribution in [3.63, 3.8) is 0 Å². The second kappa shape index (κ2) is 4.87. The van der Waals surface area contributed by atoms with E-state index >= 15 is 0 Å². The number of rotatable bonds is 3. The van der Waals surface area contributed by atoms with Crippen molar-refractivity contribution in [3.05, 3.63) is 48.0 Å². The van der Waals surface area contributed by atoms with Gasteiger partial charge in [0.25, 0.3) is 0 Å². The van der Waals surface area contributed by atoms with Gasteiger partial charge in [0.1, 0.15) is 0 Å². The lowest BCUT2D eigenvalue weighted by Crippen LogP contribution is -2.10. The number of anilines is 4. The minimum atomic E-state index is 0.0400. The molecule has 18 heavy (non-hydrogen) atoms. The molecule has 1 atom stereocenters. The fraction of sp³-hybridized carbons (Fsp3) is 0.143. The first-order valence-corrected chi connectivity index (χ1v) is 5.84. The van der Waals surface area contributed by atoms with E-state index in [1.807, 2.05) is 43.3 Å². The Morgan fingerprint density at radius 3 is 2.39 bits per heavy atom. The first kappa shape index (κ1) is 12.1. The summed E-state index contributed by atoms with van der Waals surface area (Å²) in [4.78, 5) is 0. The molecular formula is C14H18N4. The van der Waals surface area contributed by atoms with Gasteiger partial charge in [-0.1, -0.05) is 12.1 Å². The summed E-state index contributed by atoms with van der Waals surface area (Å²) < 4.78 is 0. The van der Waals surface area contributed by atoms with Crippen LogP contribution in [-0.4, -0.2) is 0 Å². The minimum absolute atomic E-state index is 0.0400. The smallest absolute Gasteiger partial charge is 0.0578 e. The number of hydrogen-bond donors (Lipinski definition) is 4. The summed E-state index contributed by atoms with van der Waals surface area (Å²) in [7, 11) is 0. The first-order chi connectivity index (χ1) is 8.58. The number of hydrogen-bond acceptors (Lipinski definition) is 4. The Kier molecular flexibility index (Phi) is 3.28. The summed E-state index contributed by atoms with van der Waals surface area (Å²) >= 11 is 0. The second-order valence-corrected chi connectivity index (χ2v) is 4.34. The molecule has 0 amide bonds. The van der Waals surface area contributed by atoms with Crippen LogP contribution in [0.2, 0.25) is 0 Å². The zero-order chi connectivity index (χ0) is 13.1. The largest absolute Gasteiger partial charge is 0.399 e. The average molecular weight is 242 g/mol. The molecule has 0 aliphatic carbocycles. The highest BCUT2D eigenvalue weighted by atomic mass is 14.9. The Morgan fingerprint density at radius 2 is 1.67 bits per heavy atom. The molecule has 1 unspecified atom stereocenters. The Bertz CT molecular complexity index is 551. The van der Waals surface area contributed by atoms with Crippen LogP contribution in [0.15, 0.2) is 42.5 Å². The van der Waals surface area contributed by atoms with Gasteiger partial charge in [-0.2, -0.15) is 0 Å². The maximum atomic E-state index is 5.96. The van der Waals surface area contributed by atoms with E-state index in [4.69, 9.17) is 17.2 Å². The van der Waals surface area contributed by atoms with Crippen LogP contribution in [0.4, 0.5) is 22.7 Å². The summed E-state index contributed by atoms with van der Waals surface area (Å²) in [6.07, 6.45) is 0. The van der Waals surface area contributed by atoms with Gasteiger partial charge in [0.2, 0.25) is 0 Å². The standard InChI is InChI=1S/C14H18N4/c1-9(11-8-10(15)6-7-12(11)16)18-14-5-3-2-4-13(14)17/h2-9,18H,15-17H2,1H3. The molecule has 4 nitrogen and oxygen atoms in total. The molecule has 0 saturated carbocycles. The molecule has 0 spiro atoms. The van der Waals surface area contributed by atoms with Gasteiger partial charge in [0.15, 0.2) is 0 Å². The van der Waals surface area contributed by atoms with Gasteiger partial charge in [0, 0.05) is 11.4 Å². The summed E-state index contributed by atoms with van der Waals surface area (Å²) in [5.74, 6) is 0. The molecule has 0 saturated heterocycles. The van der Waals surface area contributed by atoms with Crippen molar-refractivity contribution in [2.75, 3.05) is 22.5 Å². The second-order valence-electron chi connectivity index (χ2n) is 4.34. The van der Waals surface area contributed by atoms with Crippen molar-refractivity contribution in [1.29, 1.82) is 0 Å². The van der Waals surface area contributed by atoms with Crippen LogP contribution in [0.25, 0.3) is 0 Å². The average Bonchev–Trinajstić information content (AvgIpc) is 2.35. The summed E-state index contributed by atoms with van der Waals surface area (Å²) in [5.41, 5.74) is 21.6. The Morgan fingerprint density at radius 1 is 0.944 bits per heavy atom. The molecule has 0 aliphatic heterocycles. The predicted molar refractivity (Wildman–Crippen MR) is 78.2 cm³/mol. The maximum Gasteiger partial charge on any atom is 0.0578 e. The summed E-state index contributed by atoms with van der Waals surface area (Å²) in [6, 6.07) is 13.2. The number of para-hydroxylation sites is 2. The molecule has 2 rings (SSSR count). The fourth-order valence-corrected chi connectivity index (χ4v) is 1.91. The van der Waals surface area contributed by atoms with Crippen LogP contribution in [0.1, 0.15) is 18.5 Å². The third-order valence-corrected chi connectivity index (χ3v) is 2.91. The first-order valence-electron chi connectivity index (χ1n) is 5.84. The predicted octanol–water partition coefficient (Wildman–Crippen LogP) is 2.61. The zero-order valence-corrected chi connectivity index (χ0v) is 10.4. The van der Waals surface area contributed by atoms with Crippen LogP contribution in [0, 0.1) is 0 Å². The lowest BCUT2D eigenvalue weighted by molar-refractivity contribution is 0.889. The van der Waals surface area contributed by atoms with E-state index in [9.17, 15) is 0 Å². The highest BCUT2D eigenvalue weighted by Crippen LogP contribution is 2.28. The maximum absolute atomic E-state index is 5.96. The van der Waals surface area contributed by atoms with E-state index in [-0.39, 0.29) is 6.04 Å². The van der Waals surface area contributed by atoms with Crippen molar-refractivity contribution in [2.45, 2.75) is 13.0 Å². The van der Waals surface area contributed by atoms with Crippen molar-refractivity contribution >= 4 is 22.7 Å². The molecule has 0 aromatic heterocycles. The van der Waals surface area contributed by atoms with E-state index in [0.29, 0.717) is 11.4 Å². The van der Waals surface area contributed by atoms with Crippen LogP contribution in [0.5, 0.6) is 0 Å². The van der Waals surface area contributed by atoms with Crippen LogP contribution in [0.3, 0.4) is 0 Å². The number of nitrogens with one attached hydrogen (secondary N) is 1. The van der Waals surface area contributed by atoms with Crippen molar-refractivity contribution in [3.8, 4) is 0 Å². The van der Waals surface area contributed by atoms with Gasteiger partial charge in [0.05, 0.1) is 17.4 Å². The quantitative estimate of drug-likeness (QED) is 0.623. The Labute approximate surface area is 107 Å². The van der Waals surface area contributed by atoms with Crippen molar-refractivity contribution < 1.29 is 0 Å². The van der Waals surface area contributed by atoms with Gasteiger partial charge in [-0.15, -0.1) is 0 Å². The molecule has 94 valence electrons. The van der Waals surface area contributed by atoms with Crippen LogP contribution in [-0.2, 0) is 0 Å². The monoisotopic (exact) mass is 242 g/mol. The van der Waals surface area contributed by atoms with Gasteiger partial charge in [-0.05, 0) is 42.8 Å². The highest BCUT2D eigenvalue weighted by Gasteiger charge is 2.10. The molecule has 2 aromatic rings. The van der Waals surface area contributed by atoms with Crippen LogP contribution < -0.4 is 22.5 Å². The van der Waals surface area contributed by atoms with E-state index in [1.165, 1.54) is 0 Å². The number of benzene rings is 2.